The van der Waals surface area contributed by atoms with Crippen LogP contribution in [0.1, 0.15) is 11.1 Å². The number of hydrogen-bond donors (Lipinski definition) is 0. The smallest absolute Gasteiger partial charge is 0.254 e. The van der Waals surface area contributed by atoms with Gasteiger partial charge in [0.15, 0.2) is 11.5 Å². The van der Waals surface area contributed by atoms with Crippen LogP contribution in [0.4, 0.5) is 0 Å². The number of halogens is 1. The maximum absolute atomic E-state index is 12.4. The van der Waals surface area contributed by atoms with Crippen LogP contribution >= 0.6 is 11.6 Å². The minimum absolute atomic E-state index is 0.175. The van der Waals surface area contributed by atoms with E-state index in [9.17, 15) is 4.79 Å². The Labute approximate surface area is 154 Å². The molecular formula is C19H15ClN2O4. The fraction of sp³-hybridized carbons (Fsp3) is 0.158. The number of benzene rings is 1. The second-order valence-electron chi connectivity index (χ2n) is 5.77. The molecule has 0 bridgehead atoms. The molecule has 0 fully saturated rings. The summed E-state index contributed by atoms with van der Waals surface area (Å²) >= 11 is 6.28. The number of aromatic nitrogens is 2. The van der Waals surface area contributed by atoms with Gasteiger partial charge < -0.3 is 18.8 Å². The van der Waals surface area contributed by atoms with Crippen molar-refractivity contribution in [3.8, 4) is 17.2 Å². The van der Waals surface area contributed by atoms with E-state index in [1.54, 1.807) is 41.4 Å². The molecule has 0 unspecified atom stereocenters. The van der Waals surface area contributed by atoms with Crippen molar-refractivity contribution >= 4 is 11.6 Å². The molecule has 0 saturated heterocycles. The van der Waals surface area contributed by atoms with Crippen LogP contribution in [0.15, 0.2) is 59.8 Å². The van der Waals surface area contributed by atoms with Crippen LogP contribution in [-0.4, -0.2) is 16.3 Å². The Morgan fingerprint density at radius 1 is 1.12 bits per heavy atom. The Balaban J connectivity index is 1.49. The third-order valence-electron chi connectivity index (χ3n) is 4.00. The average Bonchev–Trinajstić information content (AvgIpc) is 3.10. The molecule has 0 atom stereocenters. The Morgan fingerprint density at radius 3 is 2.65 bits per heavy atom. The topological polar surface area (TPSA) is 62.6 Å². The number of rotatable bonds is 5. The summed E-state index contributed by atoms with van der Waals surface area (Å²) in [5.74, 6) is 1.76. The van der Waals surface area contributed by atoms with Gasteiger partial charge in [0.2, 0.25) is 6.79 Å². The molecule has 0 spiro atoms. The van der Waals surface area contributed by atoms with E-state index in [0.717, 1.165) is 11.1 Å². The molecule has 4 rings (SSSR count). The summed E-state index contributed by atoms with van der Waals surface area (Å²) in [4.78, 5) is 16.3. The van der Waals surface area contributed by atoms with E-state index in [1.165, 1.54) is 6.07 Å². The largest absolute Gasteiger partial charge is 0.489 e. The van der Waals surface area contributed by atoms with E-state index in [2.05, 4.69) is 4.98 Å². The molecular weight excluding hydrogens is 356 g/mol. The maximum atomic E-state index is 12.4. The van der Waals surface area contributed by atoms with Gasteiger partial charge in [-0.3, -0.25) is 9.78 Å². The van der Waals surface area contributed by atoms with Crippen LogP contribution in [0.2, 0.25) is 5.02 Å². The molecule has 26 heavy (non-hydrogen) atoms. The van der Waals surface area contributed by atoms with Gasteiger partial charge in [-0.2, -0.15) is 0 Å². The first-order valence-electron chi connectivity index (χ1n) is 7.99. The van der Waals surface area contributed by atoms with Gasteiger partial charge in [0.1, 0.15) is 12.4 Å². The van der Waals surface area contributed by atoms with Gasteiger partial charge in [-0.05, 0) is 35.4 Å². The molecule has 0 N–H and O–H groups in total. The maximum Gasteiger partial charge on any atom is 0.254 e. The highest BCUT2D eigenvalue weighted by atomic mass is 35.5. The van der Waals surface area contributed by atoms with Crippen molar-refractivity contribution in [3.63, 3.8) is 0 Å². The van der Waals surface area contributed by atoms with Gasteiger partial charge in [0.25, 0.3) is 5.56 Å². The lowest BCUT2D eigenvalue weighted by molar-refractivity contribution is 0.174. The van der Waals surface area contributed by atoms with E-state index in [0.29, 0.717) is 35.4 Å². The van der Waals surface area contributed by atoms with Crippen molar-refractivity contribution in [2.75, 3.05) is 6.79 Å². The molecule has 2 aromatic heterocycles. The van der Waals surface area contributed by atoms with Gasteiger partial charge >= 0.3 is 0 Å². The molecule has 0 aliphatic carbocycles. The van der Waals surface area contributed by atoms with Crippen molar-refractivity contribution in [2.45, 2.75) is 13.2 Å². The molecule has 0 saturated carbocycles. The SMILES string of the molecule is O=c1cc(OCc2ccncc2)ccn1Cc1cc2c(cc1Cl)OCO2. The first-order valence-corrected chi connectivity index (χ1v) is 8.37. The minimum atomic E-state index is -0.175. The lowest BCUT2D eigenvalue weighted by atomic mass is 10.2. The molecule has 3 aromatic rings. The van der Waals surface area contributed by atoms with Crippen LogP contribution in [0.25, 0.3) is 0 Å². The quantitative estimate of drug-likeness (QED) is 0.690. The molecule has 7 heteroatoms. The number of fused-ring (bicyclic) bond motifs is 1. The summed E-state index contributed by atoms with van der Waals surface area (Å²) in [5.41, 5.74) is 1.59. The molecule has 3 heterocycles. The van der Waals surface area contributed by atoms with Gasteiger partial charge in [0.05, 0.1) is 6.54 Å². The fourth-order valence-corrected chi connectivity index (χ4v) is 2.83. The van der Waals surface area contributed by atoms with Crippen LogP contribution in [0, 0.1) is 0 Å². The molecule has 6 nitrogen and oxygen atoms in total. The Kier molecular flexibility index (Phi) is 4.50. The van der Waals surface area contributed by atoms with Crippen molar-refractivity contribution in [1.82, 2.24) is 9.55 Å². The van der Waals surface area contributed by atoms with Gasteiger partial charge in [0, 0.05) is 35.7 Å². The summed E-state index contributed by atoms with van der Waals surface area (Å²) in [6, 6.07) is 10.4. The van der Waals surface area contributed by atoms with Crippen molar-refractivity contribution < 1.29 is 14.2 Å². The Morgan fingerprint density at radius 2 is 1.88 bits per heavy atom. The lowest BCUT2D eigenvalue weighted by Crippen LogP contribution is -2.19. The zero-order valence-corrected chi connectivity index (χ0v) is 14.5. The predicted molar refractivity (Wildman–Crippen MR) is 95.9 cm³/mol. The minimum Gasteiger partial charge on any atom is -0.489 e. The highest BCUT2D eigenvalue weighted by Gasteiger charge is 2.17. The Hall–Kier alpha value is -2.99. The second-order valence-corrected chi connectivity index (χ2v) is 6.18. The van der Waals surface area contributed by atoms with Crippen molar-refractivity contribution in [2.24, 2.45) is 0 Å². The molecule has 0 radical (unpaired) electrons. The average molecular weight is 371 g/mol. The summed E-state index contributed by atoms with van der Waals surface area (Å²) in [6.45, 7) is 0.886. The number of pyridine rings is 2. The van der Waals surface area contributed by atoms with Gasteiger partial charge in [-0.15, -0.1) is 0 Å². The number of nitrogens with zero attached hydrogens (tertiary/aromatic N) is 2. The van der Waals surface area contributed by atoms with E-state index in [4.69, 9.17) is 25.8 Å². The van der Waals surface area contributed by atoms with E-state index in [-0.39, 0.29) is 12.4 Å². The monoisotopic (exact) mass is 370 g/mol. The highest BCUT2D eigenvalue weighted by Crippen LogP contribution is 2.36. The van der Waals surface area contributed by atoms with E-state index in [1.807, 2.05) is 12.1 Å². The number of hydrogen-bond acceptors (Lipinski definition) is 5. The van der Waals surface area contributed by atoms with Crippen LogP contribution in [-0.2, 0) is 13.2 Å². The van der Waals surface area contributed by atoms with E-state index < -0.39 is 0 Å². The third kappa shape index (κ3) is 3.50. The van der Waals surface area contributed by atoms with Crippen LogP contribution in [0.3, 0.4) is 0 Å². The second kappa shape index (κ2) is 7.09. The standard InChI is InChI=1S/C19H15ClN2O4/c20-16-9-18-17(25-12-26-18)7-14(16)10-22-6-3-15(8-19(22)23)24-11-13-1-4-21-5-2-13/h1-9H,10-12H2. The Bertz CT molecular complexity index is 989. The third-order valence-corrected chi connectivity index (χ3v) is 4.36. The normalized spacial score (nSPS) is 12.2. The molecule has 1 aliphatic heterocycles. The van der Waals surface area contributed by atoms with E-state index >= 15 is 0 Å². The first kappa shape index (κ1) is 16.5. The summed E-state index contributed by atoms with van der Waals surface area (Å²) in [6.07, 6.45) is 5.09. The van der Waals surface area contributed by atoms with Crippen LogP contribution < -0.4 is 19.8 Å². The molecule has 0 amide bonds. The first-order chi connectivity index (χ1) is 12.7. The predicted octanol–water partition coefficient (Wildman–Crippen LogP) is 3.25. The van der Waals surface area contributed by atoms with Crippen molar-refractivity contribution in [3.05, 3.63) is 81.5 Å². The fourth-order valence-electron chi connectivity index (χ4n) is 2.62. The molecule has 1 aliphatic rings. The molecule has 132 valence electrons. The summed E-state index contributed by atoms with van der Waals surface area (Å²) < 4.78 is 17.9. The highest BCUT2D eigenvalue weighted by molar-refractivity contribution is 6.31. The lowest BCUT2D eigenvalue weighted by Gasteiger charge is -2.10. The van der Waals surface area contributed by atoms with Crippen LogP contribution in [0.5, 0.6) is 17.2 Å². The molecule has 1 aromatic carbocycles. The van der Waals surface area contributed by atoms with Gasteiger partial charge in [-0.25, -0.2) is 0 Å². The van der Waals surface area contributed by atoms with Gasteiger partial charge in [-0.1, -0.05) is 11.6 Å². The zero-order chi connectivity index (χ0) is 17.9. The summed E-state index contributed by atoms with van der Waals surface area (Å²) in [7, 11) is 0. The number of ether oxygens (including phenoxy) is 3. The summed E-state index contributed by atoms with van der Waals surface area (Å²) in [5, 5.41) is 0.527. The van der Waals surface area contributed by atoms with Crippen molar-refractivity contribution in [1.29, 1.82) is 0 Å². The zero-order valence-electron chi connectivity index (χ0n) is 13.7.